The topological polar surface area (TPSA) is 43.8 Å². The Morgan fingerprint density at radius 1 is 1.32 bits per heavy atom. The molecule has 1 saturated heterocycles. The van der Waals surface area contributed by atoms with Crippen molar-refractivity contribution in [2.75, 3.05) is 27.2 Å². The monoisotopic (exact) mass is 384 g/mol. The van der Waals surface area contributed by atoms with Crippen molar-refractivity contribution >= 4 is 5.91 Å². The number of rotatable bonds is 6. The fraction of sp³-hybridized carbons (Fsp3) is 0.708. The summed E-state index contributed by atoms with van der Waals surface area (Å²) in [5, 5.41) is 10.2. The molecule has 4 heteroatoms. The number of benzene rings is 1. The van der Waals surface area contributed by atoms with Gasteiger partial charge in [-0.05, 0) is 80.2 Å². The number of aromatic hydroxyl groups is 1. The van der Waals surface area contributed by atoms with E-state index in [0.29, 0.717) is 24.1 Å². The minimum Gasteiger partial charge on any atom is -0.508 e. The molecular formula is C24H36N2O2. The predicted molar refractivity (Wildman–Crippen MR) is 113 cm³/mol. The Morgan fingerprint density at radius 3 is 2.79 bits per heavy atom. The molecule has 1 saturated carbocycles. The van der Waals surface area contributed by atoms with Crippen molar-refractivity contribution in [2.45, 2.75) is 69.7 Å². The van der Waals surface area contributed by atoms with E-state index >= 15 is 0 Å². The van der Waals surface area contributed by atoms with Gasteiger partial charge in [0.1, 0.15) is 5.75 Å². The Kier molecular flexibility index (Phi) is 5.43. The lowest BCUT2D eigenvalue weighted by Crippen LogP contribution is -2.60. The first-order valence-corrected chi connectivity index (χ1v) is 11.2. The molecule has 3 aliphatic rings. The number of hydrogen-bond acceptors (Lipinski definition) is 3. The summed E-state index contributed by atoms with van der Waals surface area (Å²) in [6.45, 7) is 4.85. The number of carbonyl (C=O) groups is 1. The second kappa shape index (κ2) is 7.70. The normalized spacial score (nSPS) is 29.8. The molecular weight excluding hydrogens is 348 g/mol. The highest BCUT2D eigenvalue weighted by Crippen LogP contribution is 2.52. The van der Waals surface area contributed by atoms with E-state index in [2.05, 4.69) is 17.9 Å². The molecule has 4 nitrogen and oxygen atoms in total. The van der Waals surface area contributed by atoms with Crippen molar-refractivity contribution in [1.29, 1.82) is 0 Å². The largest absolute Gasteiger partial charge is 0.508 e. The predicted octanol–water partition coefficient (Wildman–Crippen LogP) is 3.96. The van der Waals surface area contributed by atoms with Crippen molar-refractivity contribution < 1.29 is 9.90 Å². The molecule has 2 bridgehead atoms. The highest BCUT2D eigenvalue weighted by molar-refractivity contribution is 5.75. The zero-order valence-corrected chi connectivity index (χ0v) is 17.8. The van der Waals surface area contributed by atoms with E-state index in [1.54, 1.807) is 4.90 Å². The van der Waals surface area contributed by atoms with E-state index in [0.717, 1.165) is 38.1 Å². The van der Waals surface area contributed by atoms with E-state index in [4.69, 9.17) is 0 Å². The van der Waals surface area contributed by atoms with Crippen LogP contribution in [0.4, 0.5) is 0 Å². The SMILES string of the molecule is C[C@H]1[C@H]2Cc3ccc(O)cc3C1(CCCC(=O)N(C)C)CCN2CC1CCC1. The molecule has 28 heavy (non-hydrogen) atoms. The van der Waals surface area contributed by atoms with Crippen LogP contribution in [0.3, 0.4) is 0 Å². The molecule has 1 heterocycles. The molecule has 1 amide bonds. The highest BCUT2D eigenvalue weighted by atomic mass is 16.3. The van der Waals surface area contributed by atoms with Crippen LogP contribution in [0.5, 0.6) is 5.75 Å². The average Bonchev–Trinajstić information content (AvgIpc) is 2.62. The van der Waals surface area contributed by atoms with Crippen molar-refractivity contribution in [3.63, 3.8) is 0 Å². The van der Waals surface area contributed by atoms with Crippen molar-refractivity contribution in [3.8, 4) is 5.75 Å². The third kappa shape index (κ3) is 3.45. The number of carbonyl (C=O) groups excluding carboxylic acids is 1. The maximum Gasteiger partial charge on any atom is 0.222 e. The van der Waals surface area contributed by atoms with Crippen LogP contribution in [0.1, 0.15) is 63.0 Å². The van der Waals surface area contributed by atoms with Gasteiger partial charge in [-0.3, -0.25) is 9.69 Å². The molecule has 0 radical (unpaired) electrons. The molecule has 154 valence electrons. The van der Waals surface area contributed by atoms with Crippen LogP contribution in [0.15, 0.2) is 18.2 Å². The Labute approximate surface area is 169 Å². The molecule has 1 unspecified atom stereocenters. The van der Waals surface area contributed by atoms with Crippen LogP contribution in [0.25, 0.3) is 0 Å². The van der Waals surface area contributed by atoms with Gasteiger partial charge in [0.2, 0.25) is 5.91 Å². The molecule has 1 aromatic rings. The molecule has 1 aromatic carbocycles. The van der Waals surface area contributed by atoms with E-state index < -0.39 is 0 Å². The third-order valence-electron chi connectivity index (χ3n) is 8.05. The van der Waals surface area contributed by atoms with Crippen molar-refractivity contribution in [3.05, 3.63) is 29.3 Å². The Hall–Kier alpha value is -1.55. The highest BCUT2D eigenvalue weighted by Gasteiger charge is 2.51. The number of amides is 1. The van der Waals surface area contributed by atoms with Gasteiger partial charge in [0.25, 0.3) is 0 Å². The second-order valence-corrected chi connectivity index (χ2v) is 9.74. The van der Waals surface area contributed by atoms with Gasteiger partial charge in [0.15, 0.2) is 0 Å². The molecule has 0 aromatic heterocycles. The molecule has 0 spiro atoms. The first kappa shape index (κ1) is 19.8. The summed E-state index contributed by atoms with van der Waals surface area (Å²) < 4.78 is 0. The lowest BCUT2D eigenvalue weighted by atomic mass is 9.56. The van der Waals surface area contributed by atoms with Crippen LogP contribution in [-0.2, 0) is 16.6 Å². The summed E-state index contributed by atoms with van der Waals surface area (Å²) in [6.07, 6.45) is 9.03. The minimum absolute atomic E-state index is 0.0969. The summed E-state index contributed by atoms with van der Waals surface area (Å²) in [7, 11) is 3.68. The van der Waals surface area contributed by atoms with Gasteiger partial charge in [0, 0.05) is 38.5 Å². The zero-order chi connectivity index (χ0) is 19.9. The van der Waals surface area contributed by atoms with Crippen LogP contribution in [-0.4, -0.2) is 54.0 Å². The van der Waals surface area contributed by atoms with Crippen LogP contribution in [0.2, 0.25) is 0 Å². The van der Waals surface area contributed by atoms with Gasteiger partial charge in [-0.25, -0.2) is 0 Å². The van der Waals surface area contributed by atoms with Crippen LogP contribution >= 0.6 is 0 Å². The Morgan fingerprint density at radius 2 is 2.11 bits per heavy atom. The zero-order valence-electron chi connectivity index (χ0n) is 17.8. The second-order valence-electron chi connectivity index (χ2n) is 9.74. The van der Waals surface area contributed by atoms with Crippen molar-refractivity contribution in [2.24, 2.45) is 11.8 Å². The number of hydrogen-bond donors (Lipinski definition) is 1. The van der Waals surface area contributed by atoms with Crippen molar-refractivity contribution in [1.82, 2.24) is 9.80 Å². The standard InChI is InChI=1S/C24H36N2O2/c1-17-22-14-19-9-10-20(27)15-21(19)24(17,11-5-8-23(28)25(2)3)12-13-26(22)16-18-6-4-7-18/h9-10,15,17-18,22,27H,4-8,11-14,16H2,1-3H3/t17-,22+,24?/m0/s1. The third-order valence-corrected chi connectivity index (χ3v) is 8.05. The number of phenolic OH excluding ortho intramolecular Hbond substituents is 1. The number of piperidine rings is 1. The lowest BCUT2D eigenvalue weighted by Gasteiger charge is -2.57. The lowest BCUT2D eigenvalue weighted by molar-refractivity contribution is -0.128. The van der Waals surface area contributed by atoms with E-state index in [-0.39, 0.29) is 11.3 Å². The maximum absolute atomic E-state index is 12.1. The molecule has 1 aliphatic heterocycles. The summed E-state index contributed by atoms with van der Waals surface area (Å²) in [5.74, 6) is 2.06. The summed E-state index contributed by atoms with van der Waals surface area (Å²) in [4.78, 5) is 16.6. The number of nitrogens with zero attached hydrogens (tertiary/aromatic N) is 2. The quantitative estimate of drug-likeness (QED) is 0.807. The molecule has 2 aliphatic carbocycles. The van der Waals surface area contributed by atoms with E-state index in [1.165, 1.54) is 36.9 Å². The van der Waals surface area contributed by atoms with Gasteiger partial charge in [-0.2, -0.15) is 0 Å². The summed E-state index contributed by atoms with van der Waals surface area (Å²) >= 11 is 0. The van der Waals surface area contributed by atoms with Gasteiger partial charge in [-0.1, -0.05) is 19.4 Å². The van der Waals surface area contributed by atoms with Gasteiger partial charge >= 0.3 is 0 Å². The van der Waals surface area contributed by atoms with Crippen LogP contribution < -0.4 is 0 Å². The number of likely N-dealkylation sites (tertiary alicyclic amines) is 1. The van der Waals surface area contributed by atoms with E-state index in [9.17, 15) is 9.90 Å². The number of phenols is 1. The molecule has 1 N–H and O–H groups in total. The molecule has 2 fully saturated rings. The summed E-state index contributed by atoms with van der Waals surface area (Å²) in [6, 6.07) is 6.62. The smallest absolute Gasteiger partial charge is 0.222 e. The molecule has 4 rings (SSSR count). The van der Waals surface area contributed by atoms with E-state index in [1.807, 2.05) is 26.2 Å². The Bertz CT molecular complexity index is 727. The van der Waals surface area contributed by atoms with Crippen LogP contribution in [0, 0.1) is 11.8 Å². The van der Waals surface area contributed by atoms with Gasteiger partial charge in [-0.15, -0.1) is 0 Å². The minimum atomic E-state index is 0.0969. The average molecular weight is 385 g/mol. The first-order chi connectivity index (χ1) is 13.4. The van der Waals surface area contributed by atoms with Gasteiger partial charge in [0.05, 0.1) is 0 Å². The Balaban J connectivity index is 1.59. The maximum atomic E-state index is 12.1. The fourth-order valence-corrected chi connectivity index (χ4v) is 6.04. The molecule has 3 atom stereocenters. The fourth-order valence-electron chi connectivity index (χ4n) is 6.04. The number of fused-ring (bicyclic) bond motifs is 4. The first-order valence-electron chi connectivity index (χ1n) is 11.2. The summed E-state index contributed by atoms with van der Waals surface area (Å²) in [5.41, 5.74) is 2.87. The van der Waals surface area contributed by atoms with Gasteiger partial charge < -0.3 is 10.0 Å².